The first-order chi connectivity index (χ1) is 6.98. The number of halogens is 6. The number of hydrogen-bond donors (Lipinski definition) is 1. The molecule has 0 bridgehead atoms. The summed E-state index contributed by atoms with van der Waals surface area (Å²) in [6.45, 7) is -0.128. The summed E-state index contributed by atoms with van der Waals surface area (Å²) in [6, 6.07) is 0. The molecule has 1 rings (SSSR count). The van der Waals surface area contributed by atoms with Gasteiger partial charge in [0.05, 0.1) is 0 Å². The van der Waals surface area contributed by atoms with Gasteiger partial charge in [0.15, 0.2) is 0 Å². The second-order valence-corrected chi connectivity index (χ2v) is 3.53. The van der Waals surface area contributed by atoms with Crippen LogP contribution in [0.25, 0.3) is 0 Å². The molecule has 1 aliphatic rings. The van der Waals surface area contributed by atoms with Gasteiger partial charge < -0.3 is 5.11 Å². The van der Waals surface area contributed by atoms with Gasteiger partial charge >= 0.3 is 11.9 Å². The van der Waals surface area contributed by atoms with Gasteiger partial charge in [-0.25, -0.2) is 22.4 Å². The average Bonchev–Trinajstić information content (AvgIpc) is 2.13. The van der Waals surface area contributed by atoms with Crippen molar-refractivity contribution in [1.29, 1.82) is 0 Å². The fourth-order valence-corrected chi connectivity index (χ4v) is 1.31. The van der Waals surface area contributed by atoms with Gasteiger partial charge in [0, 0.05) is 6.08 Å². The minimum atomic E-state index is -5.11. The van der Waals surface area contributed by atoms with Crippen molar-refractivity contribution in [3.05, 3.63) is 11.9 Å². The second kappa shape index (κ2) is 3.14. The number of hydrogen-bond acceptors (Lipinski definition) is 1. The number of allylic oxidation sites excluding steroid dienone is 1. The largest absolute Gasteiger partial charge is 0.479 e. The molecule has 0 spiro atoms. The van der Waals surface area contributed by atoms with E-state index in [2.05, 4.69) is 0 Å². The van der Waals surface area contributed by atoms with Crippen LogP contribution in [0.3, 0.4) is 0 Å². The molecule has 3 atom stereocenters. The maximum Gasteiger partial charge on any atom is 0.349 e. The zero-order valence-corrected chi connectivity index (χ0v) is 7.78. The van der Waals surface area contributed by atoms with Crippen molar-refractivity contribution in [3.8, 4) is 0 Å². The van der Waals surface area contributed by atoms with Crippen LogP contribution in [0.2, 0.25) is 0 Å². The Morgan fingerprint density at radius 2 is 1.81 bits per heavy atom. The molecule has 0 radical (unpaired) electrons. The van der Waals surface area contributed by atoms with Gasteiger partial charge in [0.2, 0.25) is 11.8 Å². The third-order valence-corrected chi connectivity index (χ3v) is 2.52. The number of carbonyl (C=O) groups is 1. The summed E-state index contributed by atoms with van der Waals surface area (Å²) in [5.41, 5.74) is -8.70. The lowest BCUT2D eigenvalue weighted by molar-refractivity contribution is -0.224. The zero-order valence-electron chi connectivity index (χ0n) is 7.78. The Bertz CT molecular complexity index is 364. The van der Waals surface area contributed by atoms with Crippen LogP contribution in [0.1, 0.15) is 6.92 Å². The third kappa shape index (κ3) is 1.24. The van der Waals surface area contributed by atoms with Crippen LogP contribution in [0.4, 0.5) is 26.3 Å². The molecule has 2 nitrogen and oxygen atoms in total. The molecule has 92 valence electrons. The molecule has 0 saturated heterocycles. The summed E-state index contributed by atoms with van der Waals surface area (Å²) in [5.74, 6) is -10.1. The highest BCUT2D eigenvalue weighted by Crippen LogP contribution is 2.52. The Labute approximate surface area is 85.5 Å². The van der Waals surface area contributed by atoms with Crippen molar-refractivity contribution in [2.45, 2.75) is 30.4 Å². The first-order valence-electron chi connectivity index (χ1n) is 4.00. The predicted molar refractivity (Wildman–Crippen MR) is 40.0 cm³/mol. The highest BCUT2D eigenvalue weighted by molar-refractivity contribution is 5.83. The molecule has 0 aromatic carbocycles. The standard InChI is InChI=1S/C8H6F6O2/c1-6(11)7(12,5(15)16)2-3(9)4(10)8(6,13)14/h2,4H,1H3,(H,15,16). The molecule has 8 heteroatoms. The molecule has 16 heavy (non-hydrogen) atoms. The quantitative estimate of drug-likeness (QED) is 0.723. The monoisotopic (exact) mass is 248 g/mol. The molecular weight excluding hydrogens is 242 g/mol. The van der Waals surface area contributed by atoms with E-state index >= 15 is 0 Å². The van der Waals surface area contributed by atoms with Crippen LogP contribution >= 0.6 is 0 Å². The van der Waals surface area contributed by atoms with Gasteiger partial charge in [-0.05, 0) is 6.92 Å². The molecule has 0 saturated carbocycles. The van der Waals surface area contributed by atoms with Crippen LogP contribution in [-0.2, 0) is 4.79 Å². The van der Waals surface area contributed by atoms with Crippen LogP contribution < -0.4 is 0 Å². The van der Waals surface area contributed by atoms with Gasteiger partial charge in [-0.3, -0.25) is 0 Å². The van der Waals surface area contributed by atoms with Gasteiger partial charge in [0.25, 0.3) is 5.67 Å². The lowest BCUT2D eigenvalue weighted by Gasteiger charge is -2.41. The summed E-state index contributed by atoms with van der Waals surface area (Å²) in [4.78, 5) is 10.3. The fourth-order valence-electron chi connectivity index (χ4n) is 1.31. The van der Waals surface area contributed by atoms with Gasteiger partial charge in [0.1, 0.15) is 5.83 Å². The van der Waals surface area contributed by atoms with E-state index in [0.29, 0.717) is 0 Å². The summed E-state index contributed by atoms with van der Waals surface area (Å²) in [6.07, 6.45) is -4.32. The Hall–Kier alpha value is -1.21. The fraction of sp³-hybridized carbons (Fsp3) is 0.625. The molecule has 0 aromatic rings. The van der Waals surface area contributed by atoms with Crippen molar-refractivity contribution in [2.24, 2.45) is 0 Å². The van der Waals surface area contributed by atoms with Crippen LogP contribution in [0, 0.1) is 0 Å². The smallest absolute Gasteiger partial charge is 0.349 e. The molecule has 0 aromatic heterocycles. The van der Waals surface area contributed by atoms with Crippen molar-refractivity contribution >= 4 is 5.97 Å². The first kappa shape index (κ1) is 12.9. The van der Waals surface area contributed by atoms with E-state index in [1.807, 2.05) is 0 Å². The minimum absolute atomic E-state index is 0.128. The first-order valence-corrected chi connectivity index (χ1v) is 4.00. The summed E-state index contributed by atoms with van der Waals surface area (Å²) >= 11 is 0. The number of alkyl halides is 5. The maximum atomic E-state index is 13.5. The van der Waals surface area contributed by atoms with Crippen molar-refractivity contribution in [1.82, 2.24) is 0 Å². The molecule has 0 fully saturated rings. The normalized spacial score (nSPS) is 42.7. The lowest BCUT2D eigenvalue weighted by Crippen LogP contribution is -2.66. The highest BCUT2D eigenvalue weighted by Gasteiger charge is 2.75. The van der Waals surface area contributed by atoms with Gasteiger partial charge in [-0.2, -0.15) is 8.78 Å². The number of carboxylic acids is 1. The number of rotatable bonds is 1. The van der Waals surface area contributed by atoms with E-state index in [9.17, 15) is 31.1 Å². The summed E-state index contributed by atoms with van der Waals surface area (Å²) < 4.78 is 78.0. The Morgan fingerprint density at radius 3 is 2.19 bits per heavy atom. The molecule has 1 N–H and O–H groups in total. The molecule has 0 heterocycles. The summed E-state index contributed by atoms with van der Waals surface area (Å²) in [7, 11) is 0. The molecule has 1 aliphatic carbocycles. The average molecular weight is 248 g/mol. The zero-order chi connectivity index (χ0) is 12.9. The van der Waals surface area contributed by atoms with Crippen molar-refractivity contribution < 1.29 is 36.2 Å². The van der Waals surface area contributed by atoms with Crippen LogP contribution in [0.15, 0.2) is 11.9 Å². The SMILES string of the molecule is CC1(F)C(F)(C(=O)O)C=C(F)C(F)C1(F)F. The van der Waals surface area contributed by atoms with Crippen molar-refractivity contribution in [3.63, 3.8) is 0 Å². The van der Waals surface area contributed by atoms with E-state index in [4.69, 9.17) is 5.11 Å². The Kier molecular flexibility index (Phi) is 2.53. The van der Waals surface area contributed by atoms with Crippen LogP contribution in [0.5, 0.6) is 0 Å². The van der Waals surface area contributed by atoms with Crippen molar-refractivity contribution in [2.75, 3.05) is 0 Å². The highest BCUT2D eigenvalue weighted by atomic mass is 19.3. The maximum absolute atomic E-state index is 13.5. The van der Waals surface area contributed by atoms with Crippen LogP contribution in [-0.4, -0.2) is 34.5 Å². The minimum Gasteiger partial charge on any atom is -0.479 e. The molecule has 0 aliphatic heterocycles. The van der Waals surface area contributed by atoms with E-state index in [0.717, 1.165) is 0 Å². The topological polar surface area (TPSA) is 37.3 Å². The second-order valence-electron chi connectivity index (χ2n) is 3.53. The van der Waals surface area contributed by atoms with E-state index in [-0.39, 0.29) is 6.92 Å². The molecule has 3 unspecified atom stereocenters. The third-order valence-electron chi connectivity index (χ3n) is 2.52. The van der Waals surface area contributed by atoms with Gasteiger partial charge in [-0.1, -0.05) is 0 Å². The molecular formula is C8H6F6O2. The number of aliphatic carboxylic acids is 1. The van der Waals surface area contributed by atoms with Gasteiger partial charge in [-0.15, -0.1) is 0 Å². The predicted octanol–water partition coefficient (Wildman–Crippen LogP) is 2.35. The Balaban J connectivity index is 3.50. The van der Waals surface area contributed by atoms with E-state index < -0.39 is 41.3 Å². The number of carboxylic acid groups (broad SMARTS) is 1. The Morgan fingerprint density at radius 1 is 1.38 bits per heavy atom. The summed E-state index contributed by atoms with van der Waals surface area (Å²) in [5, 5.41) is 8.29. The van der Waals surface area contributed by atoms with E-state index in [1.54, 1.807) is 0 Å². The lowest BCUT2D eigenvalue weighted by atomic mass is 9.75. The van der Waals surface area contributed by atoms with E-state index in [1.165, 1.54) is 0 Å². The molecule has 0 amide bonds.